The monoisotopic (exact) mass is 429 g/mol. The molecule has 2 heterocycles. The van der Waals surface area contributed by atoms with Crippen LogP contribution in [0.1, 0.15) is 10.4 Å². The second-order valence-corrected chi connectivity index (χ2v) is 9.34. The number of thiophene rings is 1. The van der Waals surface area contributed by atoms with Gasteiger partial charge in [-0.15, -0.1) is 11.3 Å². The molecule has 0 saturated heterocycles. The smallest absolute Gasteiger partial charge is 0.268 e. The number of nitrogens with one attached hydrogen (secondary N) is 1. The summed E-state index contributed by atoms with van der Waals surface area (Å²) >= 11 is 1.23. The third-order valence-corrected chi connectivity index (χ3v) is 6.86. The Balaban J connectivity index is 1.63. The van der Waals surface area contributed by atoms with E-state index in [4.69, 9.17) is 4.52 Å². The highest BCUT2D eigenvalue weighted by atomic mass is 32.2. The molecule has 0 unspecified atom stereocenters. The van der Waals surface area contributed by atoms with Crippen molar-refractivity contribution in [3.8, 4) is 22.2 Å². The van der Waals surface area contributed by atoms with E-state index in [1.54, 1.807) is 31.2 Å². The van der Waals surface area contributed by atoms with E-state index in [0.717, 1.165) is 5.56 Å². The van der Waals surface area contributed by atoms with E-state index in [2.05, 4.69) is 14.9 Å². The fourth-order valence-corrected chi connectivity index (χ4v) is 5.31. The number of anilines is 1. The van der Waals surface area contributed by atoms with Crippen LogP contribution in [0.3, 0.4) is 0 Å². The molecule has 0 aliphatic carbocycles. The van der Waals surface area contributed by atoms with Gasteiger partial charge in [0.1, 0.15) is 10.7 Å². The molecule has 6 nitrogen and oxygen atoms in total. The summed E-state index contributed by atoms with van der Waals surface area (Å²) in [5.41, 5.74) is 1.99. The van der Waals surface area contributed by atoms with Crippen molar-refractivity contribution in [1.29, 1.82) is 0 Å². The highest BCUT2D eigenvalue weighted by Gasteiger charge is 2.23. The van der Waals surface area contributed by atoms with Gasteiger partial charge in [-0.2, -0.15) is 4.98 Å². The molecule has 0 aliphatic rings. The van der Waals surface area contributed by atoms with Gasteiger partial charge in [-0.25, -0.2) is 12.8 Å². The first-order chi connectivity index (χ1) is 13.8. The van der Waals surface area contributed by atoms with Crippen molar-refractivity contribution < 1.29 is 17.3 Å². The molecule has 148 valence electrons. The van der Waals surface area contributed by atoms with Crippen molar-refractivity contribution in [3.63, 3.8) is 0 Å². The Labute approximate surface area is 171 Å². The van der Waals surface area contributed by atoms with Gasteiger partial charge in [0.15, 0.2) is 0 Å². The Morgan fingerprint density at radius 3 is 2.55 bits per heavy atom. The predicted molar refractivity (Wildman–Crippen MR) is 110 cm³/mol. The number of aromatic nitrogens is 2. The van der Waals surface area contributed by atoms with Crippen LogP contribution in [0.4, 0.5) is 10.1 Å². The SMILES string of the molecule is Cc1ccc(NS(=O)(=O)c2cc(-c3nc(-c4cccc(F)c4)no3)sc2C)cc1. The molecule has 0 amide bonds. The highest BCUT2D eigenvalue weighted by Crippen LogP contribution is 2.34. The minimum Gasteiger partial charge on any atom is -0.333 e. The molecule has 2 aromatic heterocycles. The van der Waals surface area contributed by atoms with Gasteiger partial charge in [-0.05, 0) is 44.2 Å². The van der Waals surface area contributed by atoms with Gasteiger partial charge in [0, 0.05) is 16.1 Å². The van der Waals surface area contributed by atoms with Crippen LogP contribution in [0, 0.1) is 19.7 Å². The standard InChI is InChI=1S/C20H16FN3O3S2/c1-12-6-8-16(9-7-12)24-29(25,26)18-11-17(28-13(18)2)20-22-19(23-27-20)14-4-3-5-15(21)10-14/h3-11,24H,1-2H3. The van der Waals surface area contributed by atoms with Gasteiger partial charge in [0.25, 0.3) is 15.9 Å². The molecule has 29 heavy (non-hydrogen) atoms. The third-order valence-electron chi connectivity index (χ3n) is 4.19. The lowest BCUT2D eigenvalue weighted by molar-refractivity contribution is 0.433. The summed E-state index contributed by atoms with van der Waals surface area (Å²) in [6, 6.07) is 14.4. The van der Waals surface area contributed by atoms with Gasteiger partial charge >= 0.3 is 0 Å². The van der Waals surface area contributed by atoms with Gasteiger partial charge < -0.3 is 4.52 Å². The molecule has 1 N–H and O–H groups in total. The summed E-state index contributed by atoms with van der Waals surface area (Å²) < 4.78 is 46.9. The summed E-state index contributed by atoms with van der Waals surface area (Å²) in [6.45, 7) is 3.64. The number of halogens is 1. The second-order valence-electron chi connectivity index (χ2n) is 6.44. The number of hydrogen-bond donors (Lipinski definition) is 1. The van der Waals surface area contributed by atoms with Crippen molar-refractivity contribution in [2.24, 2.45) is 0 Å². The van der Waals surface area contributed by atoms with E-state index in [1.165, 1.54) is 29.5 Å². The van der Waals surface area contributed by atoms with Crippen LogP contribution in [0.2, 0.25) is 0 Å². The summed E-state index contributed by atoms with van der Waals surface area (Å²) in [5, 5.41) is 3.87. The maximum atomic E-state index is 13.4. The summed E-state index contributed by atoms with van der Waals surface area (Å²) in [7, 11) is -3.77. The van der Waals surface area contributed by atoms with Crippen LogP contribution in [-0.2, 0) is 10.0 Å². The van der Waals surface area contributed by atoms with Crippen LogP contribution in [0.15, 0.2) is 64.0 Å². The predicted octanol–water partition coefficient (Wildman–Crippen LogP) is 5.02. The second kappa shape index (κ2) is 7.41. The lowest BCUT2D eigenvalue weighted by atomic mass is 10.2. The average molecular weight is 429 g/mol. The van der Waals surface area contributed by atoms with E-state index in [-0.39, 0.29) is 16.6 Å². The normalized spacial score (nSPS) is 11.6. The molecule has 0 aliphatic heterocycles. The number of sulfonamides is 1. The molecule has 2 aromatic carbocycles. The van der Waals surface area contributed by atoms with Gasteiger partial charge in [0.05, 0.1) is 4.88 Å². The lowest BCUT2D eigenvalue weighted by Crippen LogP contribution is -2.13. The number of benzene rings is 2. The molecule has 0 radical (unpaired) electrons. The number of rotatable bonds is 5. The number of hydrogen-bond acceptors (Lipinski definition) is 6. The fourth-order valence-electron chi connectivity index (χ4n) is 2.74. The van der Waals surface area contributed by atoms with E-state index < -0.39 is 15.8 Å². The zero-order valence-corrected chi connectivity index (χ0v) is 17.1. The van der Waals surface area contributed by atoms with Crippen molar-refractivity contribution in [2.45, 2.75) is 18.7 Å². The molecular weight excluding hydrogens is 413 g/mol. The van der Waals surface area contributed by atoms with E-state index in [9.17, 15) is 12.8 Å². The third kappa shape index (κ3) is 4.06. The highest BCUT2D eigenvalue weighted by molar-refractivity contribution is 7.93. The largest absolute Gasteiger partial charge is 0.333 e. The Bertz CT molecular complexity index is 1280. The maximum absolute atomic E-state index is 13.4. The van der Waals surface area contributed by atoms with Crippen molar-refractivity contribution in [2.75, 3.05) is 4.72 Å². The number of nitrogens with zero attached hydrogens (tertiary/aromatic N) is 2. The Hall–Kier alpha value is -3.04. The van der Waals surface area contributed by atoms with Gasteiger partial charge in [-0.1, -0.05) is 35.0 Å². The minimum absolute atomic E-state index is 0.142. The first kappa shape index (κ1) is 19.3. The van der Waals surface area contributed by atoms with Gasteiger partial charge in [0.2, 0.25) is 5.82 Å². The molecule has 0 spiro atoms. The van der Waals surface area contributed by atoms with E-state index in [1.807, 2.05) is 19.1 Å². The van der Waals surface area contributed by atoms with Crippen molar-refractivity contribution in [3.05, 3.63) is 70.9 Å². The summed E-state index contributed by atoms with van der Waals surface area (Å²) in [6.07, 6.45) is 0. The van der Waals surface area contributed by atoms with Crippen LogP contribution in [-0.4, -0.2) is 18.6 Å². The molecule has 4 aromatic rings. The quantitative estimate of drug-likeness (QED) is 0.481. The van der Waals surface area contributed by atoms with Crippen LogP contribution in [0.5, 0.6) is 0 Å². The zero-order valence-electron chi connectivity index (χ0n) is 15.5. The fraction of sp³-hybridized carbons (Fsp3) is 0.100. The van der Waals surface area contributed by atoms with Crippen LogP contribution >= 0.6 is 11.3 Å². The summed E-state index contributed by atoms with van der Waals surface area (Å²) in [4.78, 5) is 5.52. The van der Waals surface area contributed by atoms with Crippen molar-refractivity contribution >= 4 is 27.0 Å². The average Bonchev–Trinajstić information content (AvgIpc) is 3.31. The first-order valence-electron chi connectivity index (χ1n) is 8.62. The van der Waals surface area contributed by atoms with Gasteiger partial charge in [-0.3, -0.25) is 4.72 Å². The Kier molecular flexibility index (Phi) is 4.93. The number of aryl methyl sites for hydroxylation is 2. The topological polar surface area (TPSA) is 85.1 Å². The molecule has 4 rings (SSSR count). The molecule has 0 bridgehead atoms. The van der Waals surface area contributed by atoms with Crippen LogP contribution in [0.25, 0.3) is 22.2 Å². The van der Waals surface area contributed by atoms with Crippen molar-refractivity contribution in [1.82, 2.24) is 10.1 Å². The first-order valence-corrected chi connectivity index (χ1v) is 10.9. The van der Waals surface area contributed by atoms with E-state index >= 15 is 0 Å². The molecule has 0 atom stereocenters. The summed E-state index contributed by atoms with van der Waals surface area (Å²) in [5.74, 6) is -0.00161. The zero-order chi connectivity index (χ0) is 20.6. The minimum atomic E-state index is -3.77. The molecule has 0 fully saturated rings. The Morgan fingerprint density at radius 2 is 1.83 bits per heavy atom. The molecule has 0 saturated carbocycles. The molecular formula is C20H16FN3O3S2. The van der Waals surface area contributed by atoms with Crippen LogP contribution < -0.4 is 4.72 Å². The molecule has 9 heteroatoms. The Morgan fingerprint density at radius 1 is 1.07 bits per heavy atom. The van der Waals surface area contributed by atoms with E-state index in [0.29, 0.717) is 21.0 Å². The lowest BCUT2D eigenvalue weighted by Gasteiger charge is -2.07. The maximum Gasteiger partial charge on any atom is 0.268 e.